The van der Waals surface area contributed by atoms with E-state index in [1.807, 2.05) is 6.07 Å². The summed E-state index contributed by atoms with van der Waals surface area (Å²) in [6, 6.07) is 1.82. The number of hydrogen-bond acceptors (Lipinski definition) is 4. The number of pyridine rings is 1. The van der Waals surface area contributed by atoms with E-state index in [9.17, 15) is 0 Å². The molecule has 0 aliphatic carbocycles. The van der Waals surface area contributed by atoms with Crippen molar-refractivity contribution in [3.8, 4) is 0 Å². The normalized spacial score (nSPS) is 16.5. The van der Waals surface area contributed by atoms with Gasteiger partial charge in [0.05, 0.1) is 17.6 Å². The highest BCUT2D eigenvalue weighted by Gasteiger charge is 2.09. The van der Waals surface area contributed by atoms with E-state index in [1.54, 1.807) is 12.4 Å². The van der Waals surface area contributed by atoms with Crippen LogP contribution in [0.2, 0.25) is 0 Å². The molecule has 2 heterocycles. The van der Waals surface area contributed by atoms with Crippen LogP contribution in [0.1, 0.15) is 19.3 Å². The van der Waals surface area contributed by atoms with Crippen molar-refractivity contribution in [2.75, 3.05) is 37.2 Å². The maximum Gasteiger partial charge on any atom is 0.0760 e. The summed E-state index contributed by atoms with van der Waals surface area (Å²) in [5, 5.41) is 3.32. The Balaban J connectivity index is 1.66. The molecule has 1 aromatic rings. The molecule has 2 rings (SSSR count). The molecule has 1 aliphatic heterocycles. The third-order valence-corrected chi connectivity index (χ3v) is 3.02. The second-order valence-corrected chi connectivity index (χ2v) is 4.29. The molecule has 1 aliphatic rings. The van der Waals surface area contributed by atoms with Crippen LogP contribution in [0, 0.1) is 0 Å². The maximum atomic E-state index is 5.81. The van der Waals surface area contributed by atoms with Crippen LogP contribution in [0.5, 0.6) is 0 Å². The Morgan fingerprint density at radius 3 is 2.94 bits per heavy atom. The van der Waals surface area contributed by atoms with Crippen molar-refractivity contribution in [1.82, 2.24) is 9.88 Å². The Hall–Kier alpha value is -1.29. The van der Waals surface area contributed by atoms with Crippen LogP contribution >= 0.6 is 0 Å². The summed E-state index contributed by atoms with van der Waals surface area (Å²) in [6.45, 7) is 4.70. The van der Waals surface area contributed by atoms with Crippen LogP contribution in [0.25, 0.3) is 0 Å². The summed E-state index contributed by atoms with van der Waals surface area (Å²) in [5.74, 6) is 0. The number of nitrogens with zero attached hydrogens (tertiary/aromatic N) is 2. The van der Waals surface area contributed by atoms with Gasteiger partial charge in [0.1, 0.15) is 0 Å². The first-order chi connectivity index (χ1) is 7.86. The molecule has 0 amide bonds. The fraction of sp³-hybridized carbons (Fsp3) is 0.583. The molecule has 16 heavy (non-hydrogen) atoms. The van der Waals surface area contributed by atoms with Crippen molar-refractivity contribution in [1.29, 1.82) is 0 Å². The van der Waals surface area contributed by atoms with Crippen LogP contribution in [-0.2, 0) is 0 Å². The predicted octanol–water partition coefficient (Wildman–Crippen LogP) is 1.56. The molecule has 4 heteroatoms. The van der Waals surface area contributed by atoms with E-state index in [0.29, 0.717) is 0 Å². The number of nitrogens with two attached hydrogens (primary N) is 1. The van der Waals surface area contributed by atoms with Crippen molar-refractivity contribution < 1.29 is 0 Å². The van der Waals surface area contributed by atoms with Gasteiger partial charge in [0.2, 0.25) is 0 Å². The van der Waals surface area contributed by atoms with Gasteiger partial charge in [0, 0.05) is 12.7 Å². The number of likely N-dealkylation sites (tertiary alicyclic amines) is 1. The van der Waals surface area contributed by atoms with E-state index >= 15 is 0 Å². The molecule has 1 saturated heterocycles. The quantitative estimate of drug-likeness (QED) is 0.739. The Kier molecular flexibility index (Phi) is 3.99. The fourth-order valence-electron chi connectivity index (χ4n) is 2.08. The number of rotatable bonds is 5. The summed E-state index contributed by atoms with van der Waals surface area (Å²) >= 11 is 0. The summed E-state index contributed by atoms with van der Waals surface area (Å²) in [7, 11) is 0. The van der Waals surface area contributed by atoms with E-state index < -0.39 is 0 Å². The molecular formula is C12H20N4. The van der Waals surface area contributed by atoms with Gasteiger partial charge in [-0.3, -0.25) is 4.98 Å². The van der Waals surface area contributed by atoms with Crippen molar-refractivity contribution >= 4 is 11.4 Å². The number of hydrogen-bond donors (Lipinski definition) is 2. The van der Waals surface area contributed by atoms with Gasteiger partial charge in [-0.2, -0.15) is 0 Å². The highest BCUT2D eigenvalue weighted by Crippen LogP contribution is 2.14. The molecule has 1 aromatic heterocycles. The summed E-state index contributed by atoms with van der Waals surface area (Å²) in [6.07, 6.45) is 7.39. The SMILES string of the molecule is Nc1ccncc1NCCCN1CCCC1. The van der Waals surface area contributed by atoms with E-state index in [4.69, 9.17) is 5.73 Å². The van der Waals surface area contributed by atoms with Gasteiger partial charge >= 0.3 is 0 Å². The molecule has 3 N–H and O–H groups in total. The highest BCUT2D eigenvalue weighted by atomic mass is 15.1. The predicted molar refractivity (Wildman–Crippen MR) is 67.4 cm³/mol. The van der Waals surface area contributed by atoms with Crippen LogP contribution in [-0.4, -0.2) is 36.1 Å². The minimum Gasteiger partial charge on any atom is -0.397 e. The minimum absolute atomic E-state index is 0.774. The lowest BCUT2D eigenvalue weighted by Gasteiger charge is -2.15. The topological polar surface area (TPSA) is 54.2 Å². The molecule has 0 atom stereocenters. The van der Waals surface area contributed by atoms with E-state index in [-0.39, 0.29) is 0 Å². The van der Waals surface area contributed by atoms with Gasteiger partial charge < -0.3 is 16.0 Å². The van der Waals surface area contributed by atoms with Crippen LogP contribution < -0.4 is 11.1 Å². The molecule has 0 aromatic carbocycles. The molecule has 0 radical (unpaired) electrons. The van der Waals surface area contributed by atoms with Crippen LogP contribution in [0.15, 0.2) is 18.5 Å². The number of nitrogen functional groups attached to an aromatic ring is 1. The zero-order valence-corrected chi connectivity index (χ0v) is 9.65. The van der Waals surface area contributed by atoms with Gasteiger partial charge in [-0.05, 0) is 45.0 Å². The molecule has 0 unspecified atom stereocenters. The van der Waals surface area contributed by atoms with Crippen molar-refractivity contribution in [3.63, 3.8) is 0 Å². The molecular weight excluding hydrogens is 200 g/mol. The van der Waals surface area contributed by atoms with Crippen molar-refractivity contribution in [3.05, 3.63) is 18.5 Å². The van der Waals surface area contributed by atoms with Gasteiger partial charge in [-0.15, -0.1) is 0 Å². The molecule has 0 spiro atoms. The third kappa shape index (κ3) is 3.10. The van der Waals surface area contributed by atoms with Crippen molar-refractivity contribution in [2.45, 2.75) is 19.3 Å². The number of anilines is 2. The van der Waals surface area contributed by atoms with Gasteiger partial charge in [0.25, 0.3) is 0 Å². The average molecular weight is 220 g/mol. The summed E-state index contributed by atoms with van der Waals surface area (Å²) in [4.78, 5) is 6.57. The molecule has 1 fully saturated rings. The maximum absolute atomic E-state index is 5.81. The smallest absolute Gasteiger partial charge is 0.0760 e. The summed E-state index contributed by atoms with van der Waals surface area (Å²) in [5.41, 5.74) is 7.53. The van der Waals surface area contributed by atoms with Crippen molar-refractivity contribution in [2.24, 2.45) is 0 Å². The molecule has 4 nitrogen and oxygen atoms in total. The lowest BCUT2D eigenvalue weighted by atomic mass is 10.3. The van der Waals surface area contributed by atoms with Gasteiger partial charge in [-0.1, -0.05) is 0 Å². The van der Waals surface area contributed by atoms with Crippen LogP contribution in [0.3, 0.4) is 0 Å². The number of aromatic nitrogens is 1. The first-order valence-electron chi connectivity index (χ1n) is 6.02. The monoisotopic (exact) mass is 220 g/mol. The molecule has 0 bridgehead atoms. The van der Waals surface area contributed by atoms with Gasteiger partial charge in [-0.25, -0.2) is 0 Å². The molecule has 0 saturated carbocycles. The lowest BCUT2D eigenvalue weighted by Crippen LogP contribution is -2.22. The zero-order chi connectivity index (χ0) is 11.2. The van der Waals surface area contributed by atoms with E-state index in [2.05, 4.69) is 15.2 Å². The largest absolute Gasteiger partial charge is 0.397 e. The Morgan fingerprint density at radius 2 is 2.19 bits per heavy atom. The first-order valence-corrected chi connectivity index (χ1v) is 6.02. The standard InChI is InChI=1S/C12H20N4/c13-11-4-6-14-10-12(11)15-5-3-9-16-7-1-2-8-16/h4,6,10,15H,1-3,5,7-9H2,(H2,13,14). The third-order valence-electron chi connectivity index (χ3n) is 3.02. The van der Waals surface area contributed by atoms with Crippen LogP contribution in [0.4, 0.5) is 11.4 Å². The van der Waals surface area contributed by atoms with E-state index in [0.717, 1.165) is 24.3 Å². The average Bonchev–Trinajstić information content (AvgIpc) is 2.79. The Morgan fingerprint density at radius 1 is 1.38 bits per heavy atom. The van der Waals surface area contributed by atoms with E-state index in [1.165, 1.54) is 32.5 Å². The second kappa shape index (κ2) is 5.70. The fourth-order valence-corrected chi connectivity index (χ4v) is 2.08. The molecule has 88 valence electrons. The summed E-state index contributed by atoms with van der Waals surface area (Å²) < 4.78 is 0. The van der Waals surface area contributed by atoms with Gasteiger partial charge in [0.15, 0.2) is 0 Å². The minimum atomic E-state index is 0.774. The highest BCUT2D eigenvalue weighted by molar-refractivity contribution is 5.63. The second-order valence-electron chi connectivity index (χ2n) is 4.29. The zero-order valence-electron chi connectivity index (χ0n) is 9.65. The Bertz CT molecular complexity index is 321. The first kappa shape index (κ1) is 11.2. The lowest BCUT2D eigenvalue weighted by molar-refractivity contribution is 0.337. The Labute approximate surface area is 96.8 Å². The number of nitrogens with one attached hydrogen (secondary N) is 1.